The average molecular weight is 275 g/mol. The third kappa shape index (κ3) is 1.69. The molecule has 0 bridgehead atoms. The molecule has 0 spiro atoms. The number of aryl methyl sites for hydroxylation is 1. The van der Waals surface area contributed by atoms with Crippen molar-refractivity contribution in [3.05, 3.63) is 70.6 Å². The van der Waals surface area contributed by atoms with Gasteiger partial charge >= 0.3 is 0 Å². The van der Waals surface area contributed by atoms with E-state index in [1.165, 1.54) is 0 Å². The molecular weight excluding hydrogens is 262 g/mol. The number of hydrogen-bond donors (Lipinski definition) is 1. The molecule has 3 heterocycles. The van der Waals surface area contributed by atoms with Crippen molar-refractivity contribution in [2.75, 3.05) is 0 Å². The Morgan fingerprint density at radius 3 is 2.81 bits per heavy atom. The van der Waals surface area contributed by atoms with E-state index in [0.717, 1.165) is 27.7 Å². The van der Waals surface area contributed by atoms with Gasteiger partial charge in [-0.3, -0.25) is 4.79 Å². The maximum Gasteiger partial charge on any atom is 0.258 e. The van der Waals surface area contributed by atoms with Crippen molar-refractivity contribution in [1.82, 2.24) is 14.6 Å². The maximum absolute atomic E-state index is 12.5. The minimum absolute atomic E-state index is 0.0887. The summed E-state index contributed by atoms with van der Waals surface area (Å²) in [5.41, 5.74) is 4.19. The van der Waals surface area contributed by atoms with E-state index in [1.807, 2.05) is 55.5 Å². The van der Waals surface area contributed by atoms with Crippen LogP contribution in [0.4, 0.5) is 0 Å². The molecule has 0 fully saturated rings. The van der Waals surface area contributed by atoms with Gasteiger partial charge in [-0.05, 0) is 36.8 Å². The third-order valence-corrected chi connectivity index (χ3v) is 3.86. The van der Waals surface area contributed by atoms with Gasteiger partial charge in [-0.25, -0.2) is 4.52 Å². The predicted molar refractivity (Wildman–Crippen MR) is 83.5 cm³/mol. The molecule has 4 heteroatoms. The van der Waals surface area contributed by atoms with Gasteiger partial charge < -0.3 is 4.98 Å². The summed E-state index contributed by atoms with van der Waals surface area (Å²) in [6, 6.07) is 15.6. The van der Waals surface area contributed by atoms with Gasteiger partial charge in [-0.15, -0.1) is 0 Å². The number of rotatable bonds is 1. The van der Waals surface area contributed by atoms with E-state index in [2.05, 4.69) is 10.1 Å². The normalized spacial score (nSPS) is 11.3. The van der Waals surface area contributed by atoms with Gasteiger partial charge in [-0.2, -0.15) is 5.10 Å². The topological polar surface area (TPSA) is 50.2 Å². The van der Waals surface area contributed by atoms with Gasteiger partial charge in [0.25, 0.3) is 5.56 Å². The van der Waals surface area contributed by atoms with Crippen molar-refractivity contribution in [1.29, 1.82) is 0 Å². The van der Waals surface area contributed by atoms with Crippen LogP contribution >= 0.6 is 0 Å². The van der Waals surface area contributed by atoms with Crippen LogP contribution in [-0.2, 0) is 0 Å². The monoisotopic (exact) mass is 275 g/mol. The molecule has 4 nitrogen and oxygen atoms in total. The van der Waals surface area contributed by atoms with Crippen LogP contribution in [0, 0.1) is 6.92 Å². The zero-order valence-electron chi connectivity index (χ0n) is 11.5. The zero-order valence-corrected chi connectivity index (χ0v) is 11.5. The highest BCUT2D eigenvalue weighted by Crippen LogP contribution is 2.25. The molecule has 1 N–H and O–H groups in total. The van der Waals surface area contributed by atoms with Crippen LogP contribution in [0.25, 0.3) is 27.7 Å². The van der Waals surface area contributed by atoms with Gasteiger partial charge in [0, 0.05) is 10.9 Å². The van der Waals surface area contributed by atoms with Crippen molar-refractivity contribution in [3.8, 4) is 11.3 Å². The molecule has 21 heavy (non-hydrogen) atoms. The summed E-state index contributed by atoms with van der Waals surface area (Å²) in [6.07, 6.45) is 1.74. The number of aromatic amines is 1. The zero-order chi connectivity index (χ0) is 14.4. The number of aromatic nitrogens is 3. The summed E-state index contributed by atoms with van der Waals surface area (Å²) >= 11 is 0. The molecule has 4 aromatic rings. The van der Waals surface area contributed by atoms with Crippen LogP contribution in [0.3, 0.4) is 0 Å². The fourth-order valence-electron chi connectivity index (χ4n) is 2.86. The molecule has 4 rings (SSSR count). The molecule has 0 atom stereocenters. The molecule has 3 aromatic heterocycles. The number of nitrogens with one attached hydrogen (secondary N) is 1. The van der Waals surface area contributed by atoms with Gasteiger partial charge in [0.2, 0.25) is 0 Å². The van der Waals surface area contributed by atoms with Crippen molar-refractivity contribution < 1.29 is 0 Å². The van der Waals surface area contributed by atoms with Crippen LogP contribution in [0.1, 0.15) is 5.56 Å². The Morgan fingerprint density at radius 1 is 1.05 bits per heavy atom. The summed E-state index contributed by atoms with van der Waals surface area (Å²) in [4.78, 5) is 15.5. The summed E-state index contributed by atoms with van der Waals surface area (Å²) in [5.74, 6) is 0. The van der Waals surface area contributed by atoms with Crippen LogP contribution < -0.4 is 5.56 Å². The van der Waals surface area contributed by atoms with E-state index in [0.29, 0.717) is 5.56 Å². The van der Waals surface area contributed by atoms with E-state index < -0.39 is 0 Å². The van der Waals surface area contributed by atoms with Crippen molar-refractivity contribution >= 4 is 16.4 Å². The number of nitrogens with zero attached hydrogens (tertiary/aromatic N) is 2. The van der Waals surface area contributed by atoms with Crippen molar-refractivity contribution in [2.45, 2.75) is 6.92 Å². The lowest BCUT2D eigenvalue weighted by molar-refractivity contribution is 0.965. The summed E-state index contributed by atoms with van der Waals surface area (Å²) in [6.45, 7) is 1.98. The molecule has 0 aliphatic heterocycles. The fraction of sp³-hybridized carbons (Fsp3) is 0.0588. The van der Waals surface area contributed by atoms with E-state index in [4.69, 9.17) is 0 Å². The first-order valence-electron chi connectivity index (χ1n) is 6.80. The first-order valence-corrected chi connectivity index (χ1v) is 6.80. The standard InChI is InChI=1S/C17H13N3O/c1-11-13-6-2-3-7-14(13)19-17(21)16(11)15-8-4-5-12-9-10-18-20(12)15/h2-10H,1H3,(H,19,21). The largest absolute Gasteiger partial charge is 0.321 e. The van der Waals surface area contributed by atoms with Crippen LogP contribution in [0.15, 0.2) is 59.5 Å². The lowest BCUT2D eigenvalue weighted by Gasteiger charge is -2.10. The second-order valence-corrected chi connectivity index (χ2v) is 5.08. The molecule has 0 amide bonds. The molecule has 0 saturated carbocycles. The molecule has 0 saturated heterocycles. The van der Waals surface area contributed by atoms with Gasteiger partial charge in [0.15, 0.2) is 0 Å². The maximum atomic E-state index is 12.5. The number of H-pyrrole nitrogens is 1. The summed E-state index contributed by atoms with van der Waals surface area (Å²) in [7, 11) is 0. The van der Waals surface area contributed by atoms with E-state index >= 15 is 0 Å². The van der Waals surface area contributed by atoms with Gasteiger partial charge in [0.05, 0.1) is 23.0 Å². The van der Waals surface area contributed by atoms with E-state index in [9.17, 15) is 4.79 Å². The first-order chi connectivity index (χ1) is 10.3. The number of benzene rings is 1. The number of hydrogen-bond acceptors (Lipinski definition) is 2. The molecule has 0 aliphatic carbocycles. The fourth-order valence-corrected chi connectivity index (χ4v) is 2.86. The lowest BCUT2D eigenvalue weighted by Crippen LogP contribution is -2.13. The van der Waals surface area contributed by atoms with Crippen LogP contribution in [-0.4, -0.2) is 14.6 Å². The Kier molecular flexibility index (Phi) is 2.44. The Morgan fingerprint density at radius 2 is 1.90 bits per heavy atom. The lowest BCUT2D eigenvalue weighted by atomic mass is 10.0. The molecule has 0 unspecified atom stereocenters. The SMILES string of the molecule is Cc1c(-c2cccc3ccnn23)c(=O)[nH]c2ccccc12. The van der Waals surface area contributed by atoms with Crippen molar-refractivity contribution in [3.63, 3.8) is 0 Å². The molecule has 102 valence electrons. The molecule has 1 aromatic carbocycles. The summed E-state index contributed by atoms with van der Waals surface area (Å²) < 4.78 is 1.80. The van der Waals surface area contributed by atoms with E-state index in [-0.39, 0.29) is 5.56 Å². The molecular formula is C17H13N3O. The second-order valence-electron chi connectivity index (χ2n) is 5.08. The minimum Gasteiger partial charge on any atom is -0.321 e. The number of pyridine rings is 2. The Bertz CT molecular complexity index is 1030. The third-order valence-electron chi connectivity index (χ3n) is 3.86. The Balaban J connectivity index is 2.16. The molecule has 0 radical (unpaired) electrons. The van der Waals surface area contributed by atoms with E-state index in [1.54, 1.807) is 10.7 Å². The quantitative estimate of drug-likeness (QED) is 0.580. The highest BCUT2D eigenvalue weighted by atomic mass is 16.1. The van der Waals surface area contributed by atoms with Gasteiger partial charge in [0.1, 0.15) is 0 Å². The average Bonchev–Trinajstić information content (AvgIpc) is 2.96. The minimum atomic E-state index is -0.0887. The Hall–Kier alpha value is -2.88. The van der Waals surface area contributed by atoms with Crippen molar-refractivity contribution in [2.24, 2.45) is 0 Å². The second kappa shape index (κ2) is 4.31. The smallest absolute Gasteiger partial charge is 0.258 e. The summed E-state index contributed by atoms with van der Waals surface area (Å²) in [5, 5.41) is 5.37. The number of fused-ring (bicyclic) bond motifs is 2. The number of para-hydroxylation sites is 1. The first kappa shape index (κ1) is 11.9. The van der Waals surface area contributed by atoms with Crippen LogP contribution in [0.5, 0.6) is 0 Å². The van der Waals surface area contributed by atoms with Crippen LogP contribution in [0.2, 0.25) is 0 Å². The Labute approximate surface area is 120 Å². The highest BCUT2D eigenvalue weighted by Gasteiger charge is 2.13. The molecule has 0 aliphatic rings. The highest BCUT2D eigenvalue weighted by molar-refractivity contribution is 5.87. The van der Waals surface area contributed by atoms with Gasteiger partial charge in [-0.1, -0.05) is 24.3 Å². The predicted octanol–water partition coefficient (Wildman–Crippen LogP) is 3.15.